The lowest BCUT2D eigenvalue weighted by Gasteiger charge is -2.11. The maximum absolute atomic E-state index is 12.5. The Bertz CT molecular complexity index is 759. The van der Waals surface area contributed by atoms with Gasteiger partial charge in [0.1, 0.15) is 0 Å². The van der Waals surface area contributed by atoms with Crippen molar-refractivity contribution in [1.29, 1.82) is 0 Å². The third-order valence-electron chi connectivity index (χ3n) is 2.76. The molecule has 0 atom stereocenters. The number of para-hydroxylation sites is 1. The highest BCUT2D eigenvalue weighted by atomic mass is 35.5. The van der Waals surface area contributed by atoms with Gasteiger partial charge in [-0.25, -0.2) is 0 Å². The summed E-state index contributed by atoms with van der Waals surface area (Å²) in [6.07, 6.45) is 0. The molecular weight excluding hydrogens is 350 g/mol. The van der Waals surface area contributed by atoms with Crippen LogP contribution < -0.4 is 5.32 Å². The number of benzene rings is 2. The molecule has 2 aromatic carbocycles. The molecule has 0 aliphatic carbocycles. The fourth-order valence-electron chi connectivity index (χ4n) is 1.76. The molecule has 2 rings (SSSR count). The topological polar surface area (TPSA) is 72.2 Å². The number of halogens is 3. The average Bonchev–Trinajstić information content (AvgIpc) is 2.48. The van der Waals surface area contributed by atoms with Crippen LogP contribution in [0, 0.1) is 10.1 Å². The number of hydrogen-bond acceptors (Lipinski definition) is 4. The summed E-state index contributed by atoms with van der Waals surface area (Å²) >= 11 is 6.17. The lowest BCUT2D eigenvalue weighted by molar-refractivity contribution is -0.384. The van der Waals surface area contributed by atoms with E-state index in [0.29, 0.717) is 11.8 Å². The summed E-state index contributed by atoms with van der Waals surface area (Å²) in [5.74, 6) is -3.27. The number of nitrogens with one attached hydrogen (secondary N) is 1. The molecule has 5 nitrogen and oxygen atoms in total. The van der Waals surface area contributed by atoms with Gasteiger partial charge in [-0.1, -0.05) is 35.5 Å². The van der Waals surface area contributed by atoms with Crippen molar-refractivity contribution in [2.45, 2.75) is 10.7 Å². The third kappa shape index (κ3) is 4.40. The van der Waals surface area contributed by atoms with E-state index in [1.165, 1.54) is 18.2 Å². The molecule has 0 bridgehead atoms. The van der Waals surface area contributed by atoms with E-state index in [1.807, 2.05) is 0 Å². The van der Waals surface area contributed by atoms with Crippen LogP contribution in [-0.4, -0.2) is 16.6 Å². The molecule has 23 heavy (non-hydrogen) atoms. The molecule has 0 fully saturated rings. The Hall–Kier alpha value is -2.19. The van der Waals surface area contributed by atoms with Crippen molar-refractivity contribution in [3.05, 3.63) is 63.2 Å². The summed E-state index contributed by atoms with van der Waals surface area (Å²) in [4.78, 5) is 22.4. The van der Waals surface area contributed by atoms with Crippen LogP contribution in [0.3, 0.4) is 0 Å². The van der Waals surface area contributed by atoms with Crippen LogP contribution in [0.15, 0.2) is 47.4 Å². The van der Waals surface area contributed by atoms with E-state index < -0.39 is 16.6 Å². The van der Waals surface area contributed by atoms with Crippen LogP contribution in [0.1, 0.15) is 10.4 Å². The number of carbonyl (C=O) groups is 1. The first-order valence-corrected chi connectivity index (χ1v) is 7.43. The largest absolute Gasteiger partial charge is 0.321 e. The van der Waals surface area contributed by atoms with Crippen molar-refractivity contribution in [3.63, 3.8) is 0 Å². The minimum atomic E-state index is -2.63. The highest BCUT2D eigenvalue weighted by molar-refractivity contribution is 7.99. The number of rotatable bonds is 5. The van der Waals surface area contributed by atoms with E-state index >= 15 is 0 Å². The third-order valence-corrected chi connectivity index (χ3v) is 3.86. The molecule has 0 spiro atoms. The SMILES string of the molecule is O=C(Nc1ccccc1SC(F)F)c1ccc([N+](=O)[O-])cc1Cl. The molecular formula is C14H9ClF2N2O3S. The van der Waals surface area contributed by atoms with Crippen molar-refractivity contribution in [3.8, 4) is 0 Å². The maximum atomic E-state index is 12.5. The minimum absolute atomic E-state index is 0.00844. The molecule has 0 aliphatic rings. The molecule has 0 unspecified atom stereocenters. The molecule has 0 heterocycles. The van der Waals surface area contributed by atoms with Gasteiger partial charge < -0.3 is 5.32 Å². The van der Waals surface area contributed by atoms with Crippen LogP contribution in [0.25, 0.3) is 0 Å². The molecule has 1 N–H and O–H groups in total. The smallest absolute Gasteiger partial charge is 0.288 e. The predicted octanol–water partition coefficient (Wildman–Crippen LogP) is 4.82. The van der Waals surface area contributed by atoms with Gasteiger partial charge in [-0.05, 0) is 18.2 Å². The molecule has 9 heteroatoms. The first-order valence-electron chi connectivity index (χ1n) is 6.17. The van der Waals surface area contributed by atoms with E-state index in [4.69, 9.17) is 11.6 Å². The van der Waals surface area contributed by atoms with Crippen molar-refractivity contribution in [2.75, 3.05) is 5.32 Å². The Morgan fingerprint density at radius 3 is 2.57 bits per heavy atom. The van der Waals surface area contributed by atoms with Crippen molar-refractivity contribution < 1.29 is 18.5 Å². The summed E-state index contributed by atoms with van der Waals surface area (Å²) in [7, 11) is 0. The van der Waals surface area contributed by atoms with Gasteiger partial charge >= 0.3 is 0 Å². The van der Waals surface area contributed by atoms with Crippen LogP contribution >= 0.6 is 23.4 Å². The lowest BCUT2D eigenvalue weighted by atomic mass is 10.2. The van der Waals surface area contributed by atoms with Crippen LogP contribution in [0.2, 0.25) is 5.02 Å². The molecule has 0 radical (unpaired) electrons. The Kier molecular flexibility index (Phi) is 5.51. The van der Waals surface area contributed by atoms with Gasteiger partial charge in [0.2, 0.25) is 0 Å². The molecule has 0 aliphatic heterocycles. The highest BCUT2D eigenvalue weighted by Gasteiger charge is 2.17. The molecule has 0 aromatic heterocycles. The fourth-order valence-corrected chi connectivity index (χ4v) is 2.62. The second kappa shape index (κ2) is 7.38. The summed E-state index contributed by atoms with van der Waals surface area (Å²) in [5.41, 5.74) is -0.0356. The molecule has 1 amide bonds. The fraction of sp³-hybridized carbons (Fsp3) is 0.0714. The average molecular weight is 359 g/mol. The normalized spacial score (nSPS) is 10.6. The number of thioether (sulfide) groups is 1. The predicted molar refractivity (Wildman–Crippen MR) is 84.4 cm³/mol. The quantitative estimate of drug-likeness (QED) is 0.472. The van der Waals surface area contributed by atoms with E-state index in [0.717, 1.165) is 12.1 Å². The summed E-state index contributed by atoms with van der Waals surface area (Å²) in [5, 5.41) is 13.0. The number of nitro groups is 1. The molecule has 0 saturated carbocycles. The summed E-state index contributed by atoms with van der Waals surface area (Å²) in [6.45, 7) is 0. The zero-order valence-corrected chi connectivity index (χ0v) is 12.9. The zero-order chi connectivity index (χ0) is 17.0. The Morgan fingerprint density at radius 1 is 1.26 bits per heavy atom. The van der Waals surface area contributed by atoms with Crippen molar-refractivity contribution >= 4 is 40.6 Å². The van der Waals surface area contributed by atoms with Crippen LogP contribution in [0.5, 0.6) is 0 Å². The van der Waals surface area contributed by atoms with E-state index in [9.17, 15) is 23.7 Å². The van der Waals surface area contributed by atoms with E-state index in [1.54, 1.807) is 12.1 Å². The standard InChI is InChI=1S/C14H9ClF2N2O3S/c15-10-7-8(19(21)22)5-6-9(10)13(20)18-11-3-1-2-4-12(11)23-14(16)17/h1-7,14H,(H,18,20). The second-order valence-corrected chi connectivity index (χ2v) is 5.69. The molecule has 120 valence electrons. The van der Waals surface area contributed by atoms with Gasteiger partial charge in [0.15, 0.2) is 0 Å². The number of amides is 1. The molecule has 2 aromatic rings. The van der Waals surface area contributed by atoms with Crippen molar-refractivity contribution in [1.82, 2.24) is 0 Å². The number of non-ortho nitro benzene ring substituents is 1. The van der Waals surface area contributed by atoms with Crippen LogP contribution in [-0.2, 0) is 0 Å². The number of hydrogen-bond donors (Lipinski definition) is 1. The van der Waals surface area contributed by atoms with E-state index in [2.05, 4.69) is 5.32 Å². The second-order valence-electron chi connectivity index (χ2n) is 4.25. The Labute approximate surface area is 138 Å². The lowest BCUT2D eigenvalue weighted by Crippen LogP contribution is -2.13. The number of alkyl halides is 2. The first-order chi connectivity index (χ1) is 10.9. The Balaban J connectivity index is 2.24. The van der Waals surface area contributed by atoms with E-state index in [-0.39, 0.29) is 26.9 Å². The van der Waals surface area contributed by atoms with Gasteiger partial charge in [0.25, 0.3) is 17.4 Å². The summed E-state index contributed by atoms with van der Waals surface area (Å²) in [6, 6.07) is 9.48. The number of nitrogens with zero attached hydrogens (tertiary/aromatic N) is 1. The van der Waals surface area contributed by atoms with Gasteiger partial charge in [-0.15, -0.1) is 0 Å². The number of nitro benzene ring substituents is 1. The monoisotopic (exact) mass is 358 g/mol. The van der Waals surface area contributed by atoms with Gasteiger partial charge in [-0.2, -0.15) is 8.78 Å². The van der Waals surface area contributed by atoms with Gasteiger partial charge in [0, 0.05) is 17.0 Å². The van der Waals surface area contributed by atoms with Crippen molar-refractivity contribution in [2.24, 2.45) is 0 Å². The van der Waals surface area contributed by atoms with Gasteiger partial charge in [0.05, 0.1) is 21.2 Å². The van der Waals surface area contributed by atoms with Gasteiger partial charge in [-0.3, -0.25) is 14.9 Å². The molecule has 0 saturated heterocycles. The Morgan fingerprint density at radius 2 is 1.96 bits per heavy atom. The maximum Gasteiger partial charge on any atom is 0.288 e. The first kappa shape index (κ1) is 17.2. The minimum Gasteiger partial charge on any atom is -0.321 e. The zero-order valence-electron chi connectivity index (χ0n) is 11.3. The highest BCUT2D eigenvalue weighted by Crippen LogP contribution is 2.32. The summed E-state index contributed by atoms with van der Waals surface area (Å²) < 4.78 is 25.0. The number of carbonyl (C=O) groups excluding carboxylic acids is 1. The van der Waals surface area contributed by atoms with Crippen LogP contribution in [0.4, 0.5) is 20.2 Å². The number of anilines is 1.